The largest absolute Gasteiger partial charge is 0.493 e. The average Bonchev–Trinajstić information content (AvgIpc) is 3.16. The zero-order chi connectivity index (χ0) is 18.7. The van der Waals surface area contributed by atoms with Gasteiger partial charge in [0.25, 0.3) is 5.91 Å². The van der Waals surface area contributed by atoms with Crippen LogP contribution >= 0.6 is 0 Å². The van der Waals surface area contributed by atoms with Crippen LogP contribution in [0.15, 0.2) is 47.6 Å². The van der Waals surface area contributed by atoms with Crippen LogP contribution in [-0.4, -0.2) is 39.0 Å². The molecule has 3 rings (SSSR count). The van der Waals surface area contributed by atoms with Gasteiger partial charge in [0, 0.05) is 30.8 Å². The van der Waals surface area contributed by atoms with Gasteiger partial charge in [-0.2, -0.15) is 0 Å². The van der Waals surface area contributed by atoms with E-state index in [1.54, 1.807) is 44.5 Å². The molecule has 1 aliphatic heterocycles. The Morgan fingerprint density at radius 2 is 1.96 bits per heavy atom. The van der Waals surface area contributed by atoms with Crippen LogP contribution in [0.4, 0.5) is 10.1 Å². The number of anilines is 1. The van der Waals surface area contributed by atoms with Gasteiger partial charge in [0.15, 0.2) is 11.5 Å². The molecule has 0 saturated carbocycles. The first-order valence-electron chi connectivity index (χ1n) is 8.01. The van der Waals surface area contributed by atoms with Gasteiger partial charge in [0.2, 0.25) is 6.10 Å². The Morgan fingerprint density at radius 1 is 1.19 bits per heavy atom. The van der Waals surface area contributed by atoms with Gasteiger partial charge in [0.1, 0.15) is 5.82 Å². The molecule has 1 aliphatic rings. The monoisotopic (exact) mass is 358 g/mol. The van der Waals surface area contributed by atoms with Gasteiger partial charge < -0.3 is 19.2 Å². The van der Waals surface area contributed by atoms with E-state index in [4.69, 9.17) is 14.3 Å². The van der Waals surface area contributed by atoms with Crippen LogP contribution < -0.4 is 14.4 Å². The molecule has 0 spiro atoms. The third-order valence-corrected chi connectivity index (χ3v) is 4.19. The van der Waals surface area contributed by atoms with E-state index >= 15 is 0 Å². The summed E-state index contributed by atoms with van der Waals surface area (Å²) in [5.74, 6) is 0.481. The zero-order valence-electron chi connectivity index (χ0n) is 14.7. The number of benzene rings is 2. The second kappa shape index (κ2) is 7.43. The van der Waals surface area contributed by atoms with Crippen LogP contribution in [0.1, 0.15) is 12.0 Å². The summed E-state index contributed by atoms with van der Waals surface area (Å²) in [4.78, 5) is 19.5. The summed E-state index contributed by atoms with van der Waals surface area (Å²) in [5, 5.41) is 3.94. The molecule has 0 aromatic heterocycles. The van der Waals surface area contributed by atoms with Crippen molar-refractivity contribution in [1.29, 1.82) is 0 Å². The van der Waals surface area contributed by atoms with Crippen LogP contribution in [0.2, 0.25) is 0 Å². The fraction of sp³-hybridized carbons (Fsp3) is 0.263. The molecule has 0 unspecified atom stereocenters. The predicted octanol–water partition coefficient (Wildman–Crippen LogP) is 3.00. The van der Waals surface area contributed by atoms with Gasteiger partial charge in [-0.3, -0.25) is 4.79 Å². The lowest BCUT2D eigenvalue weighted by molar-refractivity contribution is -0.128. The molecular weight excluding hydrogens is 339 g/mol. The number of methoxy groups -OCH3 is 2. The standard InChI is InChI=1S/C19H19FN2O4/c1-22(14-7-8-16(24-2)17(10-14)25-3)19(23)18-11-15(21-26-18)12-5-4-6-13(20)9-12/h4-10,18H,11H2,1-3H3/t18-/m0/s1. The lowest BCUT2D eigenvalue weighted by atomic mass is 10.0. The third-order valence-electron chi connectivity index (χ3n) is 4.19. The maximum Gasteiger partial charge on any atom is 0.271 e. The lowest BCUT2D eigenvalue weighted by Crippen LogP contribution is -2.36. The molecular formula is C19H19FN2O4. The average molecular weight is 358 g/mol. The SMILES string of the molecule is COc1ccc(N(C)C(=O)[C@@H]2CC(c3cccc(F)c3)=NO2)cc1OC. The first kappa shape index (κ1) is 17.7. The van der Waals surface area contributed by atoms with Crippen molar-refractivity contribution in [3.63, 3.8) is 0 Å². The van der Waals surface area contributed by atoms with E-state index in [2.05, 4.69) is 5.16 Å². The van der Waals surface area contributed by atoms with Crippen LogP contribution in [0.5, 0.6) is 11.5 Å². The Labute approximate surface area is 150 Å². The normalized spacial score (nSPS) is 15.8. The van der Waals surface area contributed by atoms with Gasteiger partial charge in [-0.1, -0.05) is 17.3 Å². The van der Waals surface area contributed by atoms with Crippen molar-refractivity contribution in [2.75, 3.05) is 26.2 Å². The molecule has 136 valence electrons. The molecule has 1 heterocycles. The zero-order valence-corrected chi connectivity index (χ0v) is 14.7. The molecule has 7 heteroatoms. The lowest BCUT2D eigenvalue weighted by Gasteiger charge is -2.21. The van der Waals surface area contributed by atoms with Gasteiger partial charge in [-0.25, -0.2) is 4.39 Å². The molecule has 1 amide bonds. The maximum atomic E-state index is 13.4. The Morgan fingerprint density at radius 3 is 2.65 bits per heavy atom. The minimum Gasteiger partial charge on any atom is -0.493 e. The quantitative estimate of drug-likeness (QED) is 0.824. The van der Waals surface area contributed by atoms with Crippen molar-refractivity contribution in [1.82, 2.24) is 0 Å². The number of likely N-dealkylation sites (N-methyl/N-ethyl adjacent to an activating group) is 1. The van der Waals surface area contributed by atoms with E-state index in [0.29, 0.717) is 28.5 Å². The summed E-state index contributed by atoms with van der Waals surface area (Å²) in [6, 6.07) is 11.2. The number of nitrogens with zero attached hydrogens (tertiary/aromatic N) is 2. The first-order chi connectivity index (χ1) is 12.5. The van der Waals surface area contributed by atoms with Crippen LogP contribution in [0.3, 0.4) is 0 Å². The molecule has 6 nitrogen and oxygen atoms in total. The second-order valence-electron chi connectivity index (χ2n) is 5.78. The molecule has 0 N–H and O–H groups in total. The van der Waals surface area contributed by atoms with E-state index in [-0.39, 0.29) is 18.1 Å². The summed E-state index contributed by atoms with van der Waals surface area (Å²) < 4.78 is 23.8. The molecule has 1 atom stereocenters. The number of halogens is 1. The first-order valence-corrected chi connectivity index (χ1v) is 8.01. The molecule has 0 fully saturated rings. The van der Waals surface area contributed by atoms with Crippen molar-refractivity contribution in [3.05, 3.63) is 53.8 Å². The van der Waals surface area contributed by atoms with Gasteiger partial charge in [-0.15, -0.1) is 0 Å². The molecule has 2 aromatic rings. The Balaban J connectivity index is 1.72. The smallest absolute Gasteiger partial charge is 0.271 e. The highest BCUT2D eigenvalue weighted by Gasteiger charge is 2.32. The molecule has 26 heavy (non-hydrogen) atoms. The number of amides is 1. The molecule has 0 saturated heterocycles. The van der Waals surface area contributed by atoms with Crippen molar-refractivity contribution in [3.8, 4) is 11.5 Å². The highest BCUT2D eigenvalue weighted by molar-refractivity contribution is 6.06. The van der Waals surface area contributed by atoms with Crippen molar-refractivity contribution < 1.29 is 23.5 Å². The highest BCUT2D eigenvalue weighted by Crippen LogP contribution is 2.32. The van der Waals surface area contributed by atoms with Gasteiger partial charge in [-0.05, 0) is 24.3 Å². The topological polar surface area (TPSA) is 60.4 Å². The van der Waals surface area contributed by atoms with E-state index in [0.717, 1.165) is 0 Å². The van der Waals surface area contributed by atoms with E-state index in [1.165, 1.54) is 24.1 Å². The molecule has 0 aliphatic carbocycles. The van der Waals surface area contributed by atoms with Crippen LogP contribution in [-0.2, 0) is 9.63 Å². The van der Waals surface area contributed by atoms with Gasteiger partial charge >= 0.3 is 0 Å². The van der Waals surface area contributed by atoms with Crippen molar-refractivity contribution in [2.24, 2.45) is 5.16 Å². The summed E-state index contributed by atoms with van der Waals surface area (Å²) in [7, 11) is 4.72. The minimum atomic E-state index is -0.758. The second-order valence-corrected chi connectivity index (χ2v) is 5.78. The Kier molecular flexibility index (Phi) is 5.06. The number of oxime groups is 1. The molecule has 0 bridgehead atoms. The fourth-order valence-electron chi connectivity index (χ4n) is 2.73. The van der Waals surface area contributed by atoms with Crippen molar-refractivity contribution in [2.45, 2.75) is 12.5 Å². The highest BCUT2D eigenvalue weighted by atomic mass is 19.1. The van der Waals surface area contributed by atoms with E-state index < -0.39 is 6.10 Å². The molecule has 0 radical (unpaired) electrons. The summed E-state index contributed by atoms with van der Waals surface area (Å²) in [5.41, 5.74) is 1.79. The number of carbonyl (C=O) groups is 1. The van der Waals surface area contributed by atoms with E-state index in [9.17, 15) is 9.18 Å². The minimum absolute atomic E-state index is 0.257. The van der Waals surface area contributed by atoms with Crippen molar-refractivity contribution >= 4 is 17.3 Å². The number of ether oxygens (including phenoxy) is 2. The molecule has 2 aromatic carbocycles. The number of carbonyl (C=O) groups excluding carboxylic acids is 1. The number of rotatable bonds is 5. The van der Waals surface area contributed by atoms with Crippen LogP contribution in [0, 0.1) is 5.82 Å². The number of hydrogen-bond acceptors (Lipinski definition) is 5. The van der Waals surface area contributed by atoms with Crippen LogP contribution in [0.25, 0.3) is 0 Å². The summed E-state index contributed by atoms with van der Waals surface area (Å²) in [6.07, 6.45) is -0.480. The maximum absolute atomic E-state index is 13.4. The fourth-order valence-corrected chi connectivity index (χ4v) is 2.73. The van der Waals surface area contributed by atoms with Gasteiger partial charge in [0.05, 0.1) is 19.9 Å². The Bertz CT molecular complexity index is 853. The predicted molar refractivity (Wildman–Crippen MR) is 95.4 cm³/mol. The summed E-state index contributed by atoms with van der Waals surface area (Å²) in [6.45, 7) is 0. The summed E-state index contributed by atoms with van der Waals surface area (Å²) >= 11 is 0. The third kappa shape index (κ3) is 3.46. The Hall–Kier alpha value is -3.09. The van der Waals surface area contributed by atoms with E-state index in [1.807, 2.05) is 0 Å². The number of hydrogen-bond donors (Lipinski definition) is 0.